The topological polar surface area (TPSA) is 38.1 Å². The molecule has 2 rings (SSSR count). The molecule has 2 aromatic rings. The number of hydrogen-bond donors (Lipinski definition) is 0. The number of halogens is 1. The van der Waals surface area contributed by atoms with Crippen LogP contribution in [0.5, 0.6) is 0 Å². The van der Waals surface area contributed by atoms with Crippen molar-refractivity contribution in [2.24, 2.45) is 0 Å². The van der Waals surface area contributed by atoms with Crippen LogP contribution >= 0.6 is 0 Å². The van der Waals surface area contributed by atoms with Crippen LogP contribution in [0.4, 0.5) is 4.39 Å². The van der Waals surface area contributed by atoms with E-state index in [1.165, 1.54) is 11.0 Å². The average Bonchev–Trinajstić information content (AvgIpc) is 2.74. The van der Waals surface area contributed by atoms with Crippen molar-refractivity contribution in [2.45, 2.75) is 6.92 Å². The molecular weight excluding hydrogens is 233 g/mol. The molecule has 0 spiro atoms. The summed E-state index contributed by atoms with van der Waals surface area (Å²) in [5, 5.41) is 0. The molecule has 1 aromatic heterocycles. The molecule has 0 aliphatic heterocycles. The zero-order valence-electron chi connectivity index (χ0n) is 10.5. The molecule has 1 amide bonds. The third-order valence-electron chi connectivity index (χ3n) is 2.59. The van der Waals surface area contributed by atoms with Gasteiger partial charge in [-0.1, -0.05) is 0 Å². The second-order valence-corrected chi connectivity index (χ2v) is 4.29. The minimum Gasteiger partial charge on any atom is -0.345 e. The van der Waals surface area contributed by atoms with E-state index in [0.29, 0.717) is 11.3 Å². The third-order valence-corrected chi connectivity index (χ3v) is 2.59. The molecule has 0 N–H and O–H groups in total. The Morgan fingerprint density at radius 3 is 2.61 bits per heavy atom. The number of amides is 1. The number of aryl methyl sites for hydroxylation is 1. The van der Waals surface area contributed by atoms with Gasteiger partial charge in [0.1, 0.15) is 5.82 Å². The molecule has 0 saturated heterocycles. The predicted molar refractivity (Wildman–Crippen MR) is 66.3 cm³/mol. The number of benzene rings is 1. The second-order valence-electron chi connectivity index (χ2n) is 4.29. The van der Waals surface area contributed by atoms with Crippen molar-refractivity contribution in [3.8, 4) is 5.69 Å². The first-order chi connectivity index (χ1) is 8.49. The van der Waals surface area contributed by atoms with E-state index in [9.17, 15) is 9.18 Å². The van der Waals surface area contributed by atoms with Crippen molar-refractivity contribution in [1.82, 2.24) is 14.5 Å². The summed E-state index contributed by atoms with van der Waals surface area (Å²) in [5.41, 5.74) is 1.52. The van der Waals surface area contributed by atoms with Crippen LogP contribution in [0.3, 0.4) is 0 Å². The Hall–Kier alpha value is -2.17. The third kappa shape index (κ3) is 2.25. The molecule has 0 radical (unpaired) electrons. The minimum absolute atomic E-state index is 0.220. The fourth-order valence-corrected chi connectivity index (χ4v) is 1.66. The van der Waals surface area contributed by atoms with Crippen molar-refractivity contribution in [3.63, 3.8) is 0 Å². The fourth-order valence-electron chi connectivity index (χ4n) is 1.66. The van der Waals surface area contributed by atoms with Crippen LogP contribution in [-0.2, 0) is 0 Å². The summed E-state index contributed by atoms with van der Waals surface area (Å²) in [7, 11) is 3.26. The van der Waals surface area contributed by atoms with E-state index in [2.05, 4.69) is 4.98 Å². The molecule has 0 aliphatic carbocycles. The van der Waals surface area contributed by atoms with Crippen molar-refractivity contribution >= 4 is 5.91 Å². The summed E-state index contributed by atoms with van der Waals surface area (Å²) in [5.74, 6) is -0.664. The molecule has 18 heavy (non-hydrogen) atoms. The number of carbonyl (C=O) groups is 1. The molecule has 1 aromatic carbocycles. The van der Waals surface area contributed by atoms with Gasteiger partial charge in [-0.15, -0.1) is 0 Å². The Bertz CT molecular complexity index is 590. The normalized spacial score (nSPS) is 10.4. The molecule has 0 saturated carbocycles. The first kappa shape index (κ1) is 12.3. The lowest BCUT2D eigenvalue weighted by atomic mass is 10.1. The van der Waals surface area contributed by atoms with Gasteiger partial charge in [0.15, 0.2) is 0 Å². The highest BCUT2D eigenvalue weighted by Crippen LogP contribution is 2.16. The Labute approximate surface area is 105 Å². The molecule has 4 nitrogen and oxygen atoms in total. The van der Waals surface area contributed by atoms with Gasteiger partial charge in [-0.3, -0.25) is 4.79 Å². The summed E-state index contributed by atoms with van der Waals surface area (Å²) in [6.07, 6.45) is 3.27. The van der Waals surface area contributed by atoms with E-state index < -0.39 is 5.82 Å². The predicted octanol–water partition coefficient (Wildman–Crippen LogP) is 2.02. The van der Waals surface area contributed by atoms with Gasteiger partial charge in [-0.25, -0.2) is 9.37 Å². The lowest BCUT2D eigenvalue weighted by molar-refractivity contribution is 0.0827. The lowest BCUT2D eigenvalue weighted by Gasteiger charge is -2.11. The molecule has 5 heteroatoms. The summed E-state index contributed by atoms with van der Waals surface area (Å²) in [6, 6.07) is 4.43. The number of aromatic nitrogens is 2. The number of nitrogens with zero attached hydrogens (tertiary/aromatic N) is 3. The van der Waals surface area contributed by atoms with Crippen LogP contribution in [0.25, 0.3) is 5.69 Å². The van der Waals surface area contributed by atoms with Gasteiger partial charge in [0, 0.05) is 25.9 Å². The standard InChI is InChI=1S/C13H14FN3O/c1-9-7-17(8-15-9)12-5-4-10(6-11(12)14)13(18)16(2)3/h4-8H,1-3H3. The zero-order valence-corrected chi connectivity index (χ0v) is 10.5. The van der Waals surface area contributed by atoms with Gasteiger partial charge in [0.25, 0.3) is 5.91 Å². The first-order valence-electron chi connectivity index (χ1n) is 5.51. The van der Waals surface area contributed by atoms with Crippen LogP contribution in [0.2, 0.25) is 0 Å². The molecule has 0 bridgehead atoms. The van der Waals surface area contributed by atoms with E-state index >= 15 is 0 Å². The fraction of sp³-hybridized carbons (Fsp3) is 0.231. The molecule has 0 atom stereocenters. The maximum absolute atomic E-state index is 13.9. The molecule has 0 unspecified atom stereocenters. The Morgan fingerprint density at radius 1 is 1.39 bits per heavy atom. The monoisotopic (exact) mass is 247 g/mol. The smallest absolute Gasteiger partial charge is 0.253 e. The van der Waals surface area contributed by atoms with Crippen molar-refractivity contribution < 1.29 is 9.18 Å². The van der Waals surface area contributed by atoms with Crippen LogP contribution in [-0.4, -0.2) is 34.5 Å². The van der Waals surface area contributed by atoms with Crippen molar-refractivity contribution in [1.29, 1.82) is 0 Å². The van der Waals surface area contributed by atoms with Crippen LogP contribution in [0.15, 0.2) is 30.7 Å². The Balaban J connectivity index is 2.39. The highest BCUT2D eigenvalue weighted by atomic mass is 19.1. The van der Waals surface area contributed by atoms with Crippen LogP contribution in [0, 0.1) is 12.7 Å². The maximum atomic E-state index is 13.9. The zero-order chi connectivity index (χ0) is 13.3. The van der Waals surface area contributed by atoms with E-state index in [0.717, 1.165) is 5.69 Å². The van der Waals surface area contributed by atoms with E-state index in [1.54, 1.807) is 43.3 Å². The number of carbonyl (C=O) groups excluding carboxylic acids is 1. The van der Waals surface area contributed by atoms with Gasteiger partial charge in [-0.2, -0.15) is 0 Å². The molecule has 0 fully saturated rings. The lowest BCUT2D eigenvalue weighted by Crippen LogP contribution is -2.21. The highest BCUT2D eigenvalue weighted by molar-refractivity contribution is 5.94. The molecular formula is C13H14FN3O. The van der Waals surface area contributed by atoms with Gasteiger partial charge < -0.3 is 9.47 Å². The van der Waals surface area contributed by atoms with E-state index in [1.807, 2.05) is 6.92 Å². The van der Waals surface area contributed by atoms with Crippen molar-refractivity contribution in [3.05, 3.63) is 47.8 Å². The van der Waals surface area contributed by atoms with E-state index in [-0.39, 0.29) is 5.91 Å². The summed E-state index contributed by atoms with van der Waals surface area (Å²) in [6.45, 7) is 1.83. The minimum atomic E-state index is -0.444. The second kappa shape index (κ2) is 4.60. The number of rotatable bonds is 2. The number of imidazole rings is 1. The Morgan fingerprint density at radius 2 is 2.11 bits per heavy atom. The Kier molecular flexibility index (Phi) is 3.14. The van der Waals surface area contributed by atoms with Crippen molar-refractivity contribution in [2.75, 3.05) is 14.1 Å². The summed E-state index contributed by atoms with van der Waals surface area (Å²) in [4.78, 5) is 17.1. The van der Waals surface area contributed by atoms with Gasteiger partial charge in [0.05, 0.1) is 17.7 Å². The van der Waals surface area contributed by atoms with E-state index in [4.69, 9.17) is 0 Å². The highest BCUT2D eigenvalue weighted by Gasteiger charge is 2.12. The molecule has 94 valence electrons. The molecule has 1 heterocycles. The van der Waals surface area contributed by atoms with Crippen LogP contribution < -0.4 is 0 Å². The van der Waals surface area contributed by atoms with Gasteiger partial charge in [-0.05, 0) is 25.1 Å². The van der Waals surface area contributed by atoms with Gasteiger partial charge >= 0.3 is 0 Å². The summed E-state index contributed by atoms with van der Waals surface area (Å²) < 4.78 is 15.5. The van der Waals surface area contributed by atoms with Crippen LogP contribution in [0.1, 0.15) is 16.1 Å². The number of hydrogen-bond acceptors (Lipinski definition) is 2. The average molecular weight is 247 g/mol. The first-order valence-corrected chi connectivity index (χ1v) is 5.51. The summed E-state index contributed by atoms with van der Waals surface area (Å²) >= 11 is 0. The van der Waals surface area contributed by atoms with Gasteiger partial charge in [0.2, 0.25) is 0 Å². The quantitative estimate of drug-likeness (QED) is 0.814. The molecule has 0 aliphatic rings. The largest absolute Gasteiger partial charge is 0.345 e. The maximum Gasteiger partial charge on any atom is 0.253 e. The SMILES string of the molecule is Cc1cn(-c2ccc(C(=O)N(C)C)cc2F)cn1.